The van der Waals surface area contributed by atoms with E-state index in [2.05, 4.69) is 16.0 Å². The Morgan fingerprint density at radius 2 is 1.92 bits per heavy atom. The van der Waals surface area contributed by atoms with Crippen LogP contribution in [0.1, 0.15) is 50.3 Å². The number of carbonyl (C=O) groups excluding carboxylic acids is 1. The number of carbonyl (C=O) groups is 1. The van der Waals surface area contributed by atoms with E-state index in [1.807, 2.05) is 39.0 Å². The van der Waals surface area contributed by atoms with Crippen molar-refractivity contribution in [1.82, 2.24) is 4.98 Å². The molecular formula is C21H21N3O2. The van der Waals surface area contributed by atoms with Crippen LogP contribution in [0.3, 0.4) is 0 Å². The lowest BCUT2D eigenvalue weighted by Crippen LogP contribution is -2.31. The quantitative estimate of drug-likeness (QED) is 0.831. The molecule has 0 fully saturated rings. The molecule has 5 nitrogen and oxygen atoms in total. The van der Waals surface area contributed by atoms with Crippen molar-refractivity contribution in [2.24, 2.45) is 10.9 Å². The molecule has 0 saturated heterocycles. The number of benzene rings is 1. The average molecular weight is 347 g/mol. The van der Waals surface area contributed by atoms with Gasteiger partial charge in [0, 0.05) is 23.4 Å². The second-order valence-electron chi connectivity index (χ2n) is 6.77. The fourth-order valence-electron chi connectivity index (χ4n) is 3.47. The number of Topliss-reactive ketones (excluding diaryl/α,β-unsaturated/α-hetero) is 1. The molecule has 1 aromatic heterocycles. The summed E-state index contributed by atoms with van der Waals surface area (Å²) < 4.78 is 5.93. The van der Waals surface area contributed by atoms with E-state index in [1.54, 1.807) is 25.3 Å². The van der Waals surface area contributed by atoms with Crippen molar-refractivity contribution in [3.05, 3.63) is 53.2 Å². The summed E-state index contributed by atoms with van der Waals surface area (Å²) in [5.41, 5.74) is 3.92. The predicted octanol–water partition coefficient (Wildman–Crippen LogP) is 4.18. The highest BCUT2D eigenvalue weighted by Gasteiger charge is 2.38. The number of rotatable bonds is 4. The molecule has 0 bridgehead atoms. The van der Waals surface area contributed by atoms with Gasteiger partial charge in [-0.05, 0) is 51.5 Å². The van der Waals surface area contributed by atoms with Crippen molar-refractivity contribution in [3.63, 3.8) is 0 Å². The number of hydrogen-bond donors (Lipinski definition) is 0. The first-order valence-electron chi connectivity index (χ1n) is 8.63. The lowest BCUT2D eigenvalue weighted by atomic mass is 9.74. The van der Waals surface area contributed by atoms with E-state index < -0.39 is 0 Å². The van der Waals surface area contributed by atoms with Crippen LogP contribution in [0.2, 0.25) is 0 Å². The zero-order valence-electron chi connectivity index (χ0n) is 15.4. The van der Waals surface area contributed by atoms with Gasteiger partial charge in [-0.1, -0.05) is 12.1 Å². The summed E-state index contributed by atoms with van der Waals surface area (Å²) in [5, 5.41) is 9.07. The lowest BCUT2D eigenvalue weighted by Gasteiger charge is -2.32. The summed E-state index contributed by atoms with van der Waals surface area (Å²) in [5.74, 6) is -0.0655. The minimum Gasteiger partial charge on any atom is -0.475 e. The third-order valence-electron chi connectivity index (χ3n) is 4.51. The number of hydrogen-bond acceptors (Lipinski definition) is 5. The minimum atomic E-state index is -0.380. The Balaban J connectivity index is 2.23. The molecule has 2 heterocycles. The summed E-state index contributed by atoms with van der Waals surface area (Å²) in [4.78, 5) is 21.5. The van der Waals surface area contributed by atoms with Crippen LogP contribution >= 0.6 is 0 Å². The van der Waals surface area contributed by atoms with Crippen molar-refractivity contribution in [1.29, 1.82) is 5.26 Å². The van der Waals surface area contributed by atoms with Crippen molar-refractivity contribution in [3.8, 4) is 11.9 Å². The van der Waals surface area contributed by atoms with Gasteiger partial charge in [-0.3, -0.25) is 9.79 Å². The van der Waals surface area contributed by atoms with Gasteiger partial charge >= 0.3 is 0 Å². The first-order chi connectivity index (χ1) is 12.4. The van der Waals surface area contributed by atoms with Crippen LogP contribution in [0.4, 0.5) is 5.69 Å². The highest BCUT2D eigenvalue weighted by atomic mass is 16.5. The molecule has 0 radical (unpaired) electrons. The third-order valence-corrected chi connectivity index (χ3v) is 4.51. The summed E-state index contributed by atoms with van der Waals surface area (Å²) in [6.07, 6.45) is 1.63. The van der Waals surface area contributed by atoms with Gasteiger partial charge in [0.1, 0.15) is 5.78 Å². The first-order valence-corrected chi connectivity index (χ1v) is 8.63. The van der Waals surface area contributed by atoms with Crippen LogP contribution in [-0.2, 0) is 4.79 Å². The highest BCUT2D eigenvalue weighted by Crippen LogP contribution is 2.46. The van der Waals surface area contributed by atoms with Gasteiger partial charge in [0.15, 0.2) is 0 Å². The van der Waals surface area contributed by atoms with E-state index in [0.29, 0.717) is 11.4 Å². The SMILES string of the molecule is CC(=O)C1C(C)=Nc2ccnc(OC(C)C)c2C1c1ccc(C#N)cc1. The fraction of sp³-hybridized carbons (Fsp3) is 0.333. The Bertz CT molecular complexity index is 908. The molecule has 3 rings (SSSR count). The average Bonchev–Trinajstić information content (AvgIpc) is 2.60. The van der Waals surface area contributed by atoms with Gasteiger partial charge in [0.05, 0.1) is 29.3 Å². The molecule has 1 aromatic carbocycles. The number of pyridine rings is 1. The summed E-state index contributed by atoms with van der Waals surface area (Å²) in [7, 11) is 0. The van der Waals surface area contributed by atoms with Crippen LogP contribution in [-0.4, -0.2) is 22.6 Å². The Kier molecular flexibility index (Phi) is 4.85. The maximum atomic E-state index is 12.5. The monoisotopic (exact) mass is 347 g/mol. The van der Waals surface area contributed by atoms with Gasteiger partial charge in [0.2, 0.25) is 5.88 Å². The zero-order valence-corrected chi connectivity index (χ0v) is 15.4. The van der Waals surface area contributed by atoms with Crippen molar-refractivity contribution in [2.75, 3.05) is 0 Å². The molecule has 1 aliphatic heterocycles. The smallest absolute Gasteiger partial charge is 0.219 e. The van der Waals surface area contributed by atoms with Gasteiger partial charge < -0.3 is 4.74 Å². The molecule has 26 heavy (non-hydrogen) atoms. The molecule has 0 aliphatic carbocycles. The summed E-state index contributed by atoms with van der Waals surface area (Å²) in [6, 6.07) is 11.3. The topological polar surface area (TPSA) is 75.3 Å². The number of aromatic nitrogens is 1. The van der Waals surface area contributed by atoms with Crippen LogP contribution < -0.4 is 4.74 Å². The van der Waals surface area contributed by atoms with Gasteiger partial charge in [0.25, 0.3) is 0 Å². The molecule has 132 valence electrons. The normalized spacial score (nSPS) is 18.7. The number of ketones is 1. The fourth-order valence-corrected chi connectivity index (χ4v) is 3.47. The van der Waals surface area contributed by atoms with Gasteiger partial charge in [-0.25, -0.2) is 4.98 Å². The van der Waals surface area contributed by atoms with Crippen molar-refractivity contribution >= 4 is 17.2 Å². The largest absolute Gasteiger partial charge is 0.475 e. The number of nitrogens with zero attached hydrogens (tertiary/aromatic N) is 3. The van der Waals surface area contributed by atoms with Gasteiger partial charge in [-0.2, -0.15) is 5.26 Å². The number of aliphatic imine (C=N–C) groups is 1. The Morgan fingerprint density at radius 1 is 1.23 bits per heavy atom. The second-order valence-corrected chi connectivity index (χ2v) is 6.77. The predicted molar refractivity (Wildman–Crippen MR) is 99.9 cm³/mol. The van der Waals surface area contributed by atoms with Crippen molar-refractivity contribution < 1.29 is 9.53 Å². The number of fused-ring (bicyclic) bond motifs is 1. The zero-order chi connectivity index (χ0) is 18.8. The molecule has 2 aromatic rings. The molecule has 1 aliphatic rings. The molecule has 0 saturated carbocycles. The third kappa shape index (κ3) is 3.23. The van der Waals surface area contributed by atoms with E-state index in [9.17, 15) is 4.79 Å². The van der Waals surface area contributed by atoms with E-state index in [1.165, 1.54) is 0 Å². The minimum absolute atomic E-state index is 0.0432. The van der Waals surface area contributed by atoms with E-state index in [-0.39, 0.29) is 23.7 Å². The lowest BCUT2D eigenvalue weighted by molar-refractivity contribution is -0.119. The van der Waals surface area contributed by atoms with Crippen LogP contribution in [0.25, 0.3) is 0 Å². The maximum Gasteiger partial charge on any atom is 0.219 e. The molecule has 0 amide bonds. The Hall–Kier alpha value is -3.00. The standard InChI is InChI=1S/C21H21N3O2/c1-12(2)26-21-20-17(9-10-23-21)24-13(3)18(14(4)25)19(20)16-7-5-15(11-22)6-8-16/h5-10,12,18-19H,1-4H3. The van der Waals surface area contributed by atoms with Crippen LogP contribution in [0, 0.1) is 17.2 Å². The number of ether oxygens (including phenoxy) is 1. The highest BCUT2D eigenvalue weighted by molar-refractivity contribution is 6.07. The maximum absolute atomic E-state index is 12.5. The Labute approximate surface area is 153 Å². The summed E-state index contributed by atoms with van der Waals surface area (Å²) in [6.45, 7) is 7.36. The molecule has 2 atom stereocenters. The second kappa shape index (κ2) is 7.09. The van der Waals surface area contributed by atoms with E-state index in [0.717, 1.165) is 22.5 Å². The molecule has 0 N–H and O–H groups in total. The van der Waals surface area contributed by atoms with E-state index in [4.69, 9.17) is 10.00 Å². The Morgan fingerprint density at radius 3 is 2.50 bits per heavy atom. The van der Waals surface area contributed by atoms with Crippen molar-refractivity contribution in [2.45, 2.75) is 39.7 Å². The van der Waals surface area contributed by atoms with Crippen LogP contribution in [0.5, 0.6) is 5.88 Å². The first kappa shape index (κ1) is 17.8. The van der Waals surface area contributed by atoms with Crippen LogP contribution in [0.15, 0.2) is 41.5 Å². The van der Waals surface area contributed by atoms with Gasteiger partial charge in [-0.15, -0.1) is 0 Å². The molecule has 5 heteroatoms. The molecule has 2 unspecified atom stereocenters. The summed E-state index contributed by atoms with van der Waals surface area (Å²) >= 11 is 0. The number of nitriles is 1. The molecular weight excluding hydrogens is 326 g/mol. The molecule has 0 spiro atoms. The van der Waals surface area contributed by atoms with E-state index >= 15 is 0 Å².